The van der Waals surface area contributed by atoms with E-state index in [0.717, 1.165) is 25.7 Å². The number of carboxylic acids is 1. The lowest BCUT2D eigenvalue weighted by atomic mass is 9.85. The summed E-state index contributed by atoms with van der Waals surface area (Å²) in [5.74, 6) is -0.804. The molecular formula is C15H27N3O3. The normalized spacial score (nSPS) is 22.2. The molecule has 0 aromatic heterocycles. The van der Waals surface area contributed by atoms with Crippen molar-refractivity contribution in [3.8, 4) is 0 Å². The van der Waals surface area contributed by atoms with Crippen LogP contribution in [0.1, 0.15) is 39.5 Å². The molecule has 0 aromatic rings. The fourth-order valence-corrected chi connectivity index (χ4v) is 2.62. The van der Waals surface area contributed by atoms with E-state index in [1.807, 2.05) is 18.7 Å². The first-order chi connectivity index (χ1) is 9.99. The van der Waals surface area contributed by atoms with E-state index in [9.17, 15) is 9.59 Å². The number of likely N-dealkylation sites (N-methyl/N-ethyl adjacent to an activating group) is 1. The number of hydrogen-bond acceptors (Lipinski definition) is 3. The highest BCUT2D eigenvalue weighted by Crippen LogP contribution is 2.25. The van der Waals surface area contributed by atoms with E-state index in [1.165, 1.54) is 0 Å². The van der Waals surface area contributed by atoms with Gasteiger partial charge in [-0.1, -0.05) is 19.9 Å². The summed E-state index contributed by atoms with van der Waals surface area (Å²) in [5.41, 5.74) is 0. The molecule has 1 unspecified atom stereocenters. The second-order valence-electron chi connectivity index (χ2n) is 5.53. The monoisotopic (exact) mass is 297 g/mol. The third-order valence-electron chi connectivity index (χ3n) is 3.99. The van der Waals surface area contributed by atoms with Crippen LogP contribution in [0.3, 0.4) is 0 Å². The molecular weight excluding hydrogens is 270 g/mol. The van der Waals surface area contributed by atoms with Crippen molar-refractivity contribution in [2.75, 3.05) is 13.1 Å². The van der Waals surface area contributed by atoms with Crippen LogP contribution in [0.25, 0.3) is 0 Å². The minimum Gasteiger partial charge on any atom is -0.480 e. The smallest absolute Gasteiger partial charge is 0.317 e. The average Bonchev–Trinajstić information content (AvgIpc) is 2.39. The standard InChI is InChI=1S/C15H27N3O3/c1-4-7-11(5-2)16-15(21)17-12-8-13(9-12)18(6-3)10-14(19)20/h4,11-13H,1,5-10H2,2-3H3,(H,19,20)(H2,16,17,21). The second-order valence-corrected chi connectivity index (χ2v) is 5.53. The molecule has 21 heavy (non-hydrogen) atoms. The predicted molar refractivity (Wildman–Crippen MR) is 82.3 cm³/mol. The number of rotatable bonds is 9. The van der Waals surface area contributed by atoms with Crippen LogP contribution in [0, 0.1) is 0 Å². The number of nitrogens with zero attached hydrogens (tertiary/aromatic N) is 1. The molecule has 1 rings (SSSR count). The van der Waals surface area contributed by atoms with Gasteiger partial charge in [0.05, 0.1) is 6.54 Å². The molecule has 0 aliphatic heterocycles. The van der Waals surface area contributed by atoms with E-state index in [1.54, 1.807) is 6.08 Å². The quantitative estimate of drug-likeness (QED) is 0.564. The Bertz CT molecular complexity index is 367. The minimum absolute atomic E-state index is 0.0668. The maximum absolute atomic E-state index is 11.8. The van der Waals surface area contributed by atoms with Crippen LogP contribution in [0.15, 0.2) is 12.7 Å². The number of aliphatic carboxylic acids is 1. The molecule has 3 N–H and O–H groups in total. The Morgan fingerprint density at radius 2 is 2.10 bits per heavy atom. The molecule has 0 bridgehead atoms. The van der Waals surface area contributed by atoms with Gasteiger partial charge in [0.25, 0.3) is 0 Å². The highest BCUT2D eigenvalue weighted by Gasteiger charge is 2.34. The van der Waals surface area contributed by atoms with Crippen LogP contribution in [0.5, 0.6) is 0 Å². The number of hydrogen-bond donors (Lipinski definition) is 3. The zero-order chi connectivity index (χ0) is 15.8. The van der Waals surface area contributed by atoms with Crippen molar-refractivity contribution in [2.24, 2.45) is 0 Å². The fourth-order valence-electron chi connectivity index (χ4n) is 2.62. The molecule has 0 heterocycles. The zero-order valence-corrected chi connectivity index (χ0v) is 13.0. The predicted octanol–water partition coefficient (Wildman–Crippen LogP) is 1.58. The minimum atomic E-state index is -0.804. The van der Waals surface area contributed by atoms with Crippen molar-refractivity contribution in [2.45, 2.75) is 57.7 Å². The summed E-state index contributed by atoms with van der Waals surface area (Å²) in [6, 6.07) is 0.372. The van der Waals surface area contributed by atoms with Crippen LogP contribution in [-0.2, 0) is 4.79 Å². The molecule has 1 aliphatic carbocycles. The van der Waals surface area contributed by atoms with Crippen LogP contribution < -0.4 is 10.6 Å². The van der Waals surface area contributed by atoms with Crippen LogP contribution in [-0.4, -0.2) is 53.2 Å². The molecule has 6 heteroatoms. The molecule has 0 spiro atoms. The summed E-state index contributed by atoms with van der Waals surface area (Å²) in [5, 5.41) is 14.7. The molecule has 0 saturated heterocycles. The highest BCUT2D eigenvalue weighted by molar-refractivity contribution is 5.74. The van der Waals surface area contributed by atoms with E-state index >= 15 is 0 Å². The van der Waals surface area contributed by atoms with Crippen LogP contribution >= 0.6 is 0 Å². The van der Waals surface area contributed by atoms with Crippen molar-refractivity contribution >= 4 is 12.0 Å². The Kier molecular flexibility index (Phi) is 7.22. The summed E-state index contributed by atoms with van der Waals surface area (Å²) >= 11 is 0. The van der Waals surface area contributed by atoms with Gasteiger partial charge in [0, 0.05) is 18.1 Å². The summed E-state index contributed by atoms with van der Waals surface area (Å²) in [4.78, 5) is 24.5. The van der Waals surface area contributed by atoms with Crippen molar-refractivity contribution < 1.29 is 14.7 Å². The van der Waals surface area contributed by atoms with Gasteiger partial charge in [-0.05, 0) is 32.2 Å². The van der Waals surface area contributed by atoms with Gasteiger partial charge in [-0.3, -0.25) is 9.69 Å². The van der Waals surface area contributed by atoms with Crippen molar-refractivity contribution in [1.82, 2.24) is 15.5 Å². The molecule has 1 aliphatic rings. The molecule has 0 aromatic carbocycles. The molecule has 1 atom stereocenters. The maximum atomic E-state index is 11.8. The molecule has 6 nitrogen and oxygen atoms in total. The first kappa shape index (κ1) is 17.5. The SMILES string of the molecule is C=CCC(CC)NC(=O)NC1CC(N(CC)CC(=O)O)C1. The van der Waals surface area contributed by atoms with Crippen LogP contribution in [0.2, 0.25) is 0 Å². The Balaban J connectivity index is 2.28. The molecule has 0 radical (unpaired) electrons. The van der Waals surface area contributed by atoms with E-state index in [0.29, 0.717) is 6.54 Å². The lowest BCUT2D eigenvalue weighted by Gasteiger charge is -2.42. The summed E-state index contributed by atoms with van der Waals surface area (Å²) in [7, 11) is 0. The average molecular weight is 297 g/mol. The van der Waals surface area contributed by atoms with E-state index in [2.05, 4.69) is 17.2 Å². The Morgan fingerprint density at radius 1 is 1.43 bits per heavy atom. The first-order valence-corrected chi connectivity index (χ1v) is 7.63. The van der Waals surface area contributed by atoms with Crippen molar-refractivity contribution in [3.63, 3.8) is 0 Å². The Morgan fingerprint density at radius 3 is 2.57 bits per heavy atom. The molecule has 1 saturated carbocycles. The third-order valence-corrected chi connectivity index (χ3v) is 3.99. The van der Waals surface area contributed by atoms with Gasteiger partial charge in [0.2, 0.25) is 0 Å². The molecule has 120 valence electrons. The number of amides is 2. The van der Waals surface area contributed by atoms with Gasteiger partial charge in [-0.15, -0.1) is 6.58 Å². The topological polar surface area (TPSA) is 81.7 Å². The highest BCUT2D eigenvalue weighted by atomic mass is 16.4. The van der Waals surface area contributed by atoms with Gasteiger partial charge in [-0.2, -0.15) is 0 Å². The van der Waals surface area contributed by atoms with Crippen molar-refractivity contribution in [1.29, 1.82) is 0 Å². The number of nitrogens with one attached hydrogen (secondary N) is 2. The van der Waals surface area contributed by atoms with Gasteiger partial charge < -0.3 is 15.7 Å². The summed E-state index contributed by atoms with van der Waals surface area (Å²) in [6.45, 7) is 8.45. The van der Waals surface area contributed by atoms with E-state index < -0.39 is 5.97 Å². The number of urea groups is 1. The summed E-state index contributed by atoms with van der Waals surface area (Å²) in [6.07, 6.45) is 5.06. The van der Waals surface area contributed by atoms with Gasteiger partial charge >= 0.3 is 12.0 Å². The first-order valence-electron chi connectivity index (χ1n) is 7.63. The summed E-state index contributed by atoms with van der Waals surface area (Å²) < 4.78 is 0. The van der Waals surface area contributed by atoms with Gasteiger partial charge in [0.15, 0.2) is 0 Å². The molecule has 2 amide bonds. The number of carbonyl (C=O) groups is 2. The fraction of sp³-hybridized carbons (Fsp3) is 0.733. The third kappa shape index (κ3) is 5.75. The lowest BCUT2D eigenvalue weighted by Crippen LogP contribution is -2.57. The van der Waals surface area contributed by atoms with Crippen molar-refractivity contribution in [3.05, 3.63) is 12.7 Å². The second kappa shape index (κ2) is 8.67. The van der Waals surface area contributed by atoms with Crippen LogP contribution in [0.4, 0.5) is 4.79 Å². The van der Waals surface area contributed by atoms with E-state index in [-0.39, 0.29) is 30.7 Å². The number of carbonyl (C=O) groups excluding carboxylic acids is 1. The Labute approximate surface area is 126 Å². The maximum Gasteiger partial charge on any atom is 0.317 e. The number of carboxylic acid groups (broad SMARTS) is 1. The van der Waals surface area contributed by atoms with Gasteiger partial charge in [0.1, 0.15) is 0 Å². The van der Waals surface area contributed by atoms with E-state index in [4.69, 9.17) is 5.11 Å². The molecule has 1 fully saturated rings. The zero-order valence-electron chi connectivity index (χ0n) is 13.0. The Hall–Kier alpha value is -1.56. The largest absolute Gasteiger partial charge is 0.480 e. The van der Waals surface area contributed by atoms with Gasteiger partial charge in [-0.25, -0.2) is 4.79 Å². The lowest BCUT2D eigenvalue weighted by molar-refractivity contribution is -0.139.